The summed E-state index contributed by atoms with van der Waals surface area (Å²) in [6.07, 6.45) is 13.9. The van der Waals surface area contributed by atoms with E-state index in [1.807, 2.05) is 0 Å². The second-order valence-electron chi connectivity index (χ2n) is 12.9. The molecule has 3 heterocycles. The Morgan fingerprint density at radius 2 is 1.61 bits per heavy atom. The van der Waals surface area contributed by atoms with Gasteiger partial charge in [0.15, 0.2) is 17.3 Å². The van der Waals surface area contributed by atoms with Gasteiger partial charge in [-0.3, -0.25) is 19.1 Å². The van der Waals surface area contributed by atoms with Crippen LogP contribution in [0.3, 0.4) is 0 Å². The van der Waals surface area contributed by atoms with Gasteiger partial charge in [0.25, 0.3) is 5.56 Å². The van der Waals surface area contributed by atoms with Crippen LogP contribution in [0.4, 0.5) is 10.3 Å². The molecule has 0 saturated carbocycles. The summed E-state index contributed by atoms with van der Waals surface area (Å²) in [6, 6.07) is -0.874. The van der Waals surface area contributed by atoms with E-state index in [1.54, 1.807) is 13.8 Å². The Morgan fingerprint density at radius 1 is 1.02 bits per heavy atom. The van der Waals surface area contributed by atoms with Crippen molar-refractivity contribution in [1.29, 1.82) is 0 Å². The smallest absolute Gasteiger partial charge is 0.347 e. The average Bonchev–Trinajstić information content (AvgIpc) is 3.61. The van der Waals surface area contributed by atoms with Gasteiger partial charge in [-0.15, -0.1) is 0 Å². The molecule has 5 atom stereocenters. The maximum absolute atomic E-state index is 15.0. The van der Waals surface area contributed by atoms with Crippen molar-refractivity contribution in [2.45, 2.75) is 154 Å². The Labute approximate surface area is 271 Å². The lowest BCUT2D eigenvalue weighted by atomic mass is 10.0. The number of carbonyl (C=O) groups is 2. The fraction of sp³-hybridized carbons (Fsp3) is 0.788. The predicted octanol–water partition coefficient (Wildman–Crippen LogP) is 5.64. The molecule has 0 aliphatic carbocycles. The van der Waals surface area contributed by atoms with Gasteiger partial charge in [0, 0.05) is 6.42 Å². The number of nitrogens with one attached hydrogen (secondary N) is 1. The van der Waals surface area contributed by atoms with Crippen molar-refractivity contribution in [2.75, 3.05) is 12.3 Å². The van der Waals surface area contributed by atoms with Crippen molar-refractivity contribution in [3.8, 4) is 0 Å². The quantitative estimate of drug-likeness (QED) is 0.107. The largest absolute Gasteiger partial charge is 0.460 e. The van der Waals surface area contributed by atoms with Crippen LogP contribution < -0.4 is 17.0 Å². The fourth-order valence-corrected chi connectivity index (χ4v) is 5.66. The molecule has 1 fully saturated rings. The van der Waals surface area contributed by atoms with Crippen LogP contribution in [0.5, 0.6) is 0 Å². The Hall–Kier alpha value is -3.06. The topological polar surface area (TPSA) is 177 Å². The van der Waals surface area contributed by atoms with Crippen LogP contribution in [0.2, 0.25) is 0 Å². The molecular weight excluding hydrogens is 595 g/mol. The molecule has 3 rings (SSSR count). The van der Waals surface area contributed by atoms with Crippen LogP contribution in [0.25, 0.3) is 11.2 Å². The molecule has 13 heteroatoms. The molecule has 2 aromatic heterocycles. The number of rotatable bonds is 22. The number of alkyl halides is 1. The molecule has 2 unspecified atom stereocenters. The lowest BCUT2D eigenvalue weighted by Crippen LogP contribution is -2.41. The molecule has 46 heavy (non-hydrogen) atoms. The van der Waals surface area contributed by atoms with Gasteiger partial charge in [0.2, 0.25) is 5.95 Å². The zero-order chi connectivity index (χ0) is 33.5. The van der Waals surface area contributed by atoms with Crippen molar-refractivity contribution in [2.24, 2.45) is 11.7 Å². The number of unbranched alkanes of at least 4 members (excludes halogenated alkanes) is 13. The molecule has 0 aromatic carbocycles. The summed E-state index contributed by atoms with van der Waals surface area (Å²) in [5, 5.41) is 0. The fourth-order valence-electron chi connectivity index (χ4n) is 5.66. The Bertz CT molecular complexity index is 1270. The van der Waals surface area contributed by atoms with E-state index in [9.17, 15) is 18.8 Å². The summed E-state index contributed by atoms with van der Waals surface area (Å²) in [6.45, 7) is 5.46. The van der Waals surface area contributed by atoms with Crippen LogP contribution in [-0.4, -0.2) is 62.5 Å². The van der Waals surface area contributed by atoms with Crippen LogP contribution >= 0.6 is 0 Å². The van der Waals surface area contributed by atoms with E-state index < -0.39 is 48.1 Å². The van der Waals surface area contributed by atoms with Gasteiger partial charge in [-0.1, -0.05) is 104 Å². The van der Waals surface area contributed by atoms with Crippen LogP contribution in [-0.2, 0) is 23.8 Å². The molecular formula is C33H55FN6O6. The first kappa shape index (κ1) is 37.4. The molecule has 0 spiro atoms. The van der Waals surface area contributed by atoms with Gasteiger partial charge in [-0.2, -0.15) is 4.98 Å². The van der Waals surface area contributed by atoms with E-state index >= 15 is 0 Å². The minimum atomic E-state index is -1.46. The molecule has 0 amide bonds. The first-order valence-corrected chi connectivity index (χ1v) is 17.3. The number of hydrogen-bond acceptors (Lipinski definition) is 10. The molecule has 2 aromatic rings. The zero-order valence-corrected chi connectivity index (χ0v) is 27.9. The van der Waals surface area contributed by atoms with Gasteiger partial charge < -0.3 is 25.7 Å². The van der Waals surface area contributed by atoms with E-state index in [0.29, 0.717) is 12.8 Å². The molecule has 12 nitrogen and oxygen atoms in total. The Morgan fingerprint density at radius 3 is 2.20 bits per heavy atom. The van der Waals surface area contributed by atoms with Crippen LogP contribution in [0, 0.1) is 5.92 Å². The van der Waals surface area contributed by atoms with Crippen molar-refractivity contribution in [3.05, 3.63) is 16.7 Å². The number of aromatic nitrogens is 4. The SMILES string of the molecule is CCCCCCCCCCCCCCCCC(OC(=O)[C@@H](N)C(C)C)C(=O)OC[C@H]1O[C@@H](n2cnc3c(=O)[nH]c(N)nc32)CC1F. The molecule has 1 saturated heterocycles. The first-order chi connectivity index (χ1) is 22.1. The highest BCUT2D eigenvalue weighted by atomic mass is 19.1. The highest BCUT2D eigenvalue weighted by molar-refractivity contribution is 5.82. The number of H-pyrrole nitrogens is 1. The number of imidazole rings is 1. The number of ether oxygens (including phenoxy) is 3. The highest BCUT2D eigenvalue weighted by Crippen LogP contribution is 2.32. The normalized spacial score (nSPS) is 19.5. The maximum Gasteiger partial charge on any atom is 0.347 e. The molecule has 1 aliphatic heterocycles. The van der Waals surface area contributed by atoms with E-state index in [-0.39, 0.29) is 36.1 Å². The van der Waals surface area contributed by atoms with E-state index in [4.69, 9.17) is 25.7 Å². The van der Waals surface area contributed by atoms with Gasteiger partial charge in [0.1, 0.15) is 31.2 Å². The summed E-state index contributed by atoms with van der Waals surface area (Å²) in [4.78, 5) is 48.3. The summed E-state index contributed by atoms with van der Waals surface area (Å²) < 4.78 is 33.2. The number of nitrogens with zero attached hydrogens (tertiary/aromatic N) is 3. The second-order valence-corrected chi connectivity index (χ2v) is 12.9. The van der Waals surface area contributed by atoms with Crippen molar-refractivity contribution in [1.82, 2.24) is 19.5 Å². The molecule has 260 valence electrons. The number of esters is 2. The van der Waals surface area contributed by atoms with Crippen molar-refractivity contribution >= 4 is 29.1 Å². The average molecular weight is 651 g/mol. The number of anilines is 1. The van der Waals surface area contributed by atoms with E-state index in [1.165, 1.54) is 75.1 Å². The number of nitrogen functional groups attached to an aromatic ring is 1. The van der Waals surface area contributed by atoms with Crippen molar-refractivity contribution in [3.63, 3.8) is 0 Å². The van der Waals surface area contributed by atoms with Gasteiger partial charge in [-0.25, -0.2) is 14.2 Å². The first-order valence-electron chi connectivity index (χ1n) is 17.3. The zero-order valence-electron chi connectivity index (χ0n) is 27.9. The van der Waals surface area contributed by atoms with E-state index in [0.717, 1.165) is 19.3 Å². The standard InChI is InChI=1S/C33H55FN6O6/c1-4-5-6-7-8-9-10-11-12-13-14-15-16-17-18-24(46-32(43)27(35)22(2)3)31(42)44-20-25-23(34)19-26(45-25)40-21-37-28-29(40)38-33(36)39-30(28)41/h21-27H,4-20,35H2,1-3H3,(H3,36,38,39,41)/t23?,24?,25-,26-,27+/m1/s1. The molecule has 5 N–H and O–H groups in total. The van der Waals surface area contributed by atoms with Crippen LogP contribution in [0.15, 0.2) is 11.1 Å². The summed E-state index contributed by atoms with van der Waals surface area (Å²) in [7, 11) is 0. The number of hydrogen-bond donors (Lipinski definition) is 3. The lowest BCUT2D eigenvalue weighted by molar-refractivity contribution is -0.172. The number of carbonyl (C=O) groups excluding carboxylic acids is 2. The molecule has 1 aliphatic rings. The summed E-state index contributed by atoms with van der Waals surface area (Å²) in [5.74, 6) is -1.69. The molecule has 0 radical (unpaired) electrons. The van der Waals surface area contributed by atoms with Crippen LogP contribution in [0.1, 0.15) is 130 Å². The third kappa shape index (κ3) is 11.6. The summed E-state index contributed by atoms with van der Waals surface area (Å²) >= 11 is 0. The minimum Gasteiger partial charge on any atom is -0.460 e. The molecule has 0 bridgehead atoms. The lowest BCUT2D eigenvalue weighted by Gasteiger charge is -2.22. The Kier molecular flexibility index (Phi) is 15.9. The predicted molar refractivity (Wildman–Crippen MR) is 175 cm³/mol. The minimum absolute atomic E-state index is 0.0517. The number of nitrogens with two attached hydrogens (primary N) is 2. The number of fused-ring (bicyclic) bond motifs is 1. The highest BCUT2D eigenvalue weighted by Gasteiger charge is 2.39. The van der Waals surface area contributed by atoms with Crippen molar-refractivity contribution < 1.29 is 28.2 Å². The third-order valence-corrected chi connectivity index (χ3v) is 8.64. The second kappa shape index (κ2) is 19.6. The van der Waals surface area contributed by atoms with Gasteiger partial charge in [0.05, 0.1) is 6.33 Å². The number of halogens is 1. The summed E-state index contributed by atoms with van der Waals surface area (Å²) in [5.41, 5.74) is 11.3. The van der Waals surface area contributed by atoms with E-state index in [2.05, 4.69) is 21.9 Å². The van der Waals surface area contributed by atoms with Gasteiger partial charge >= 0.3 is 11.9 Å². The Balaban J connectivity index is 1.43. The third-order valence-electron chi connectivity index (χ3n) is 8.64. The number of aromatic amines is 1. The monoisotopic (exact) mass is 650 g/mol. The van der Waals surface area contributed by atoms with Gasteiger partial charge in [-0.05, 0) is 18.8 Å². The maximum atomic E-state index is 15.0.